The van der Waals surface area contributed by atoms with Gasteiger partial charge >= 0.3 is 6.09 Å². The molecule has 4 amide bonds. The third kappa shape index (κ3) is 10.4. The van der Waals surface area contributed by atoms with Crippen LogP contribution in [0.25, 0.3) is 10.8 Å². The fourth-order valence-electron chi connectivity index (χ4n) is 5.10. The van der Waals surface area contributed by atoms with Crippen LogP contribution in [-0.2, 0) is 19.1 Å². The van der Waals surface area contributed by atoms with Gasteiger partial charge in [0.05, 0.1) is 6.42 Å². The number of unbranched alkanes of at least 4 members (excludes halogenated alkanes) is 4. The van der Waals surface area contributed by atoms with Crippen molar-refractivity contribution in [2.45, 2.75) is 83.9 Å². The molecule has 0 fully saturated rings. The van der Waals surface area contributed by atoms with Gasteiger partial charge in [0.25, 0.3) is 5.91 Å². The van der Waals surface area contributed by atoms with Crippen LogP contribution in [0.2, 0.25) is 0 Å². The minimum absolute atomic E-state index is 0.169. The number of amides is 4. The van der Waals surface area contributed by atoms with Crippen LogP contribution in [-0.4, -0.2) is 46.9 Å². The van der Waals surface area contributed by atoms with E-state index in [4.69, 9.17) is 16.9 Å². The van der Waals surface area contributed by atoms with E-state index in [1.165, 1.54) is 4.90 Å². The van der Waals surface area contributed by atoms with Crippen LogP contribution in [0.4, 0.5) is 10.5 Å². The van der Waals surface area contributed by atoms with E-state index in [1.807, 2.05) is 36.4 Å². The molecule has 9 nitrogen and oxygen atoms in total. The van der Waals surface area contributed by atoms with E-state index in [2.05, 4.69) is 23.5 Å². The highest BCUT2D eigenvalue weighted by molar-refractivity contribution is 6.01. The maximum absolute atomic E-state index is 14.4. The molecule has 0 aliphatic rings. The average molecular weight is 613 g/mol. The minimum Gasteiger partial charge on any atom is -0.444 e. The Morgan fingerprint density at radius 2 is 1.60 bits per heavy atom. The maximum Gasteiger partial charge on any atom is 0.408 e. The van der Waals surface area contributed by atoms with Gasteiger partial charge in [-0.3, -0.25) is 14.4 Å². The smallest absolute Gasteiger partial charge is 0.408 e. The number of fused-ring (bicyclic) bond motifs is 1. The van der Waals surface area contributed by atoms with Gasteiger partial charge in [0.15, 0.2) is 0 Å². The highest BCUT2D eigenvalue weighted by Crippen LogP contribution is 2.29. The Morgan fingerprint density at radius 3 is 2.27 bits per heavy atom. The van der Waals surface area contributed by atoms with Crippen molar-refractivity contribution in [3.05, 3.63) is 77.9 Å². The fraction of sp³-hybridized carbons (Fsp3) is 0.389. The number of terminal acetylenes is 1. The van der Waals surface area contributed by atoms with Gasteiger partial charge in [-0.2, -0.15) is 0 Å². The number of carbonyl (C=O) groups is 4. The third-order valence-electron chi connectivity index (χ3n) is 7.17. The van der Waals surface area contributed by atoms with Crippen LogP contribution in [0.15, 0.2) is 66.7 Å². The molecular weight excluding hydrogens is 568 g/mol. The summed E-state index contributed by atoms with van der Waals surface area (Å²) in [4.78, 5) is 54.9. The van der Waals surface area contributed by atoms with Crippen molar-refractivity contribution in [1.29, 1.82) is 0 Å². The SMILES string of the molecule is C#Cc1ccccc1C(C(=O)Nc1ccc2ccccc2c1)N(CCCCCCC)C(=O)C(CC(N)=O)NC(=O)OC(C)(C)C. The van der Waals surface area contributed by atoms with Gasteiger partial charge in [-0.1, -0.05) is 87.1 Å². The Kier molecular flexibility index (Phi) is 12.5. The normalized spacial score (nSPS) is 12.4. The lowest BCUT2D eigenvalue weighted by Crippen LogP contribution is -2.53. The van der Waals surface area contributed by atoms with Crippen molar-refractivity contribution in [2.75, 3.05) is 11.9 Å². The number of hydrogen-bond donors (Lipinski definition) is 3. The Morgan fingerprint density at radius 1 is 0.933 bits per heavy atom. The van der Waals surface area contributed by atoms with Gasteiger partial charge in [0, 0.05) is 17.8 Å². The number of alkyl carbamates (subject to hydrolysis) is 1. The first-order valence-electron chi connectivity index (χ1n) is 15.4. The maximum atomic E-state index is 14.4. The largest absolute Gasteiger partial charge is 0.444 e. The molecule has 2 unspecified atom stereocenters. The quantitative estimate of drug-likeness (QED) is 0.150. The number of benzene rings is 3. The summed E-state index contributed by atoms with van der Waals surface area (Å²) in [5, 5.41) is 7.43. The molecule has 0 aromatic heterocycles. The number of anilines is 1. The van der Waals surface area contributed by atoms with Gasteiger partial charge in [-0.05, 0) is 61.7 Å². The molecule has 2 atom stereocenters. The summed E-state index contributed by atoms with van der Waals surface area (Å²) in [5.41, 5.74) is 6.09. The third-order valence-corrected chi connectivity index (χ3v) is 7.17. The Labute approximate surface area is 265 Å². The Balaban J connectivity index is 2.08. The molecule has 0 spiro atoms. The molecule has 0 radical (unpaired) electrons. The van der Waals surface area contributed by atoms with Crippen LogP contribution in [0, 0.1) is 12.3 Å². The molecule has 0 heterocycles. The van der Waals surface area contributed by atoms with E-state index < -0.39 is 47.9 Å². The van der Waals surface area contributed by atoms with Crippen molar-refractivity contribution >= 4 is 40.3 Å². The highest BCUT2D eigenvalue weighted by atomic mass is 16.6. The molecule has 4 N–H and O–H groups in total. The van der Waals surface area contributed by atoms with E-state index in [-0.39, 0.29) is 6.54 Å². The number of nitrogens with zero attached hydrogens (tertiary/aromatic N) is 1. The molecule has 45 heavy (non-hydrogen) atoms. The lowest BCUT2D eigenvalue weighted by Gasteiger charge is -2.35. The van der Waals surface area contributed by atoms with Crippen LogP contribution in [0.3, 0.4) is 0 Å². The lowest BCUT2D eigenvalue weighted by atomic mass is 9.96. The Hall–Kier alpha value is -4.84. The summed E-state index contributed by atoms with van der Waals surface area (Å²) >= 11 is 0. The van der Waals surface area contributed by atoms with E-state index >= 15 is 0 Å². The summed E-state index contributed by atoms with van der Waals surface area (Å²) in [5.74, 6) is 0.689. The van der Waals surface area contributed by atoms with Crippen molar-refractivity contribution < 1.29 is 23.9 Å². The zero-order valence-electron chi connectivity index (χ0n) is 26.6. The molecule has 0 aliphatic carbocycles. The van der Waals surface area contributed by atoms with E-state index in [9.17, 15) is 19.2 Å². The predicted molar refractivity (Wildman–Crippen MR) is 177 cm³/mol. The first-order valence-corrected chi connectivity index (χ1v) is 15.4. The second kappa shape index (κ2) is 16.3. The predicted octanol–water partition coefficient (Wildman–Crippen LogP) is 6.07. The molecule has 0 aliphatic heterocycles. The van der Waals surface area contributed by atoms with Gasteiger partial charge in [0.2, 0.25) is 11.8 Å². The van der Waals surface area contributed by atoms with E-state index in [1.54, 1.807) is 51.1 Å². The van der Waals surface area contributed by atoms with Crippen LogP contribution < -0.4 is 16.4 Å². The van der Waals surface area contributed by atoms with Crippen LogP contribution >= 0.6 is 0 Å². The van der Waals surface area contributed by atoms with Crippen molar-refractivity contribution in [1.82, 2.24) is 10.2 Å². The zero-order valence-corrected chi connectivity index (χ0v) is 26.6. The standard InChI is InChI=1S/C36H44N4O5/c1-6-8-9-10-15-22-40(34(43)30(24-31(37)41)39-35(44)45-36(3,4)5)32(29-19-14-13-16-25(29)7-2)33(42)38-28-21-20-26-17-11-12-18-27(26)23-28/h2,11-14,16-21,23,30,32H,6,8-10,15,22,24H2,1,3-5H3,(H2,37,41)(H,38,42)(H,39,44). The molecular formula is C36H44N4O5. The number of carbonyl (C=O) groups excluding carboxylic acids is 4. The molecule has 0 saturated carbocycles. The lowest BCUT2D eigenvalue weighted by molar-refractivity contribution is -0.142. The van der Waals surface area contributed by atoms with Crippen LogP contribution in [0.5, 0.6) is 0 Å². The summed E-state index contributed by atoms with van der Waals surface area (Å²) in [6.45, 7) is 7.33. The second-order valence-electron chi connectivity index (χ2n) is 12.0. The molecule has 3 aromatic rings. The minimum atomic E-state index is -1.37. The van der Waals surface area contributed by atoms with Gasteiger partial charge in [-0.15, -0.1) is 6.42 Å². The van der Waals surface area contributed by atoms with Gasteiger partial charge in [-0.25, -0.2) is 4.79 Å². The van der Waals surface area contributed by atoms with E-state index in [0.29, 0.717) is 23.2 Å². The summed E-state index contributed by atoms with van der Waals surface area (Å²) in [6, 6.07) is 17.7. The second-order valence-corrected chi connectivity index (χ2v) is 12.0. The number of rotatable bonds is 14. The molecule has 0 bridgehead atoms. The Bertz CT molecular complexity index is 1540. The van der Waals surface area contributed by atoms with Gasteiger partial charge < -0.3 is 26.0 Å². The molecule has 9 heteroatoms. The first kappa shape index (κ1) is 34.6. The van der Waals surface area contributed by atoms with Crippen molar-refractivity contribution in [2.24, 2.45) is 5.73 Å². The van der Waals surface area contributed by atoms with Gasteiger partial charge in [0.1, 0.15) is 17.7 Å². The van der Waals surface area contributed by atoms with E-state index in [0.717, 1.165) is 36.5 Å². The number of nitrogens with one attached hydrogen (secondary N) is 2. The fourth-order valence-corrected chi connectivity index (χ4v) is 5.10. The highest BCUT2D eigenvalue weighted by Gasteiger charge is 2.37. The summed E-state index contributed by atoms with van der Waals surface area (Å²) < 4.78 is 5.37. The molecule has 3 aromatic carbocycles. The first-order chi connectivity index (χ1) is 21.4. The molecule has 238 valence electrons. The summed E-state index contributed by atoms with van der Waals surface area (Å²) in [6.07, 6.45) is 8.91. The number of hydrogen-bond acceptors (Lipinski definition) is 5. The average Bonchev–Trinajstić information content (AvgIpc) is 2.98. The van der Waals surface area contributed by atoms with Crippen molar-refractivity contribution in [3.8, 4) is 12.3 Å². The molecule has 3 rings (SSSR count). The van der Waals surface area contributed by atoms with Crippen molar-refractivity contribution in [3.63, 3.8) is 0 Å². The topological polar surface area (TPSA) is 131 Å². The monoisotopic (exact) mass is 612 g/mol. The number of ether oxygens (including phenoxy) is 1. The zero-order chi connectivity index (χ0) is 33.0. The summed E-state index contributed by atoms with van der Waals surface area (Å²) in [7, 11) is 0. The van der Waals surface area contributed by atoms with Crippen LogP contribution in [0.1, 0.15) is 83.4 Å². The number of nitrogens with two attached hydrogens (primary N) is 1. The molecule has 0 saturated heterocycles. The number of primary amides is 1.